The van der Waals surface area contributed by atoms with E-state index in [1.165, 1.54) is 0 Å². The van der Waals surface area contributed by atoms with Gasteiger partial charge in [0.05, 0.1) is 6.10 Å². The molecule has 0 spiro atoms. The number of rotatable bonds is 8. The number of hydrogen-bond acceptors (Lipinski definition) is 4. The van der Waals surface area contributed by atoms with Crippen LogP contribution in [0.1, 0.15) is 25.0 Å². The predicted octanol–water partition coefficient (Wildman–Crippen LogP) is 3.86. The second-order valence-corrected chi connectivity index (χ2v) is 6.10. The zero-order chi connectivity index (χ0) is 18.9. The molecule has 0 saturated heterocycles. The quantitative estimate of drug-likeness (QED) is 0.749. The van der Waals surface area contributed by atoms with Gasteiger partial charge in [0.15, 0.2) is 6.10 Å². The molecule has 0 aliphatic heterocycles. The molecule has 0 aliphatic carbocycles. The predicted molar refractivity (Wildman–Crippen MR) is 98.0 cm³/mol. The van der Waals surface area contributed by atoms with Gasteiger partial charge in [-0.25, -0.2) is 9.59 Å². The maximum Gasteiger partial charge on any atom is 0.411 e. The first kappa shape index (κ1) is 19.5. The van der Waals surface area contributed by atoms with Crippen molar-refractivity contribution in [1.82, 2.24) is 0 Å². The van der Waals surface area contributed by atoms with Crippen molar-refractivity contribution in [3.8, 4) is 0 Å². The number of carbonyl (C=O) groups is 2. The standard InChI is InChI=1S/C20H23NO5/c1-14(2)26-18(19(22)23)12-15-7-6-8-16(11-15)13-25-20(24)21-17-9-4-3-5-10-17/h3-11,14,18H,12-13H2,1-2H3,(H,21,24)(H,22,23). The highest BCUT2D eigenvalue weighted by molar-refractivity contribution is 5.84. The molecule has 0 aromatic heterocycles. The summed E-state index contributed by atoms with van der Waals surface area (Å²) in [7, 11) is 0. The minimum absolute atomic E-state index is 0.0925. The van der Waals surface area contributed by atoms with E-state index < -0.39 is 18.2 Å². The van der Waals surface area contributed by atoms with Crippen LogP contribution in [0.5, 0.6) is 0 Å². The minimum Gasteiger partial charge on any atom is -0.479 e. The van der Waals surface area contributed by atoms with Crippen molar-refractivity contribution in [2.24, 2.45) is 0 Å². The smallest absolute Gasteiger partial charge is 0.411 e. The summed E-state index contributed by atoms with van der Waals surface area (Å²) in [6.07, 6.45) is -1.39. The van der Waals surface area contributed by atoms with E-state index in [0.717, 1.165) is 11.1 Å². The van der Waals surface area contributed by atoms with Crippen molar-refractivity contribution in [1.29, 1.82) is 0 Å². The Morgan fingerprint density at radius 1 is 1.04 bits per heavy atom. The summed E-state index contributed by atoms with van der Waals surface area (Å²) in [5.41, 5.74) is 2.24. The van der Waals surface area contributed by atoms with Crippen LogP contribution in [0.2, 0.25) is 0 Å². The van der Waals surface area contributed by atoms with Crippen LogP contribution >= 0.6 is 0 Å². The van der Waals surface area contributed by atoms with E-state index in [9.17, 15) is 14.7 Å². The van der Waals surface area contributed by atoms with Crippen LogP contribution in [0.3, 0.4) is 0 Å². The highest BCUT2D eigenvalue weighted by Gasteiger charge is 2.20. The molecule has 0 bridgehead atoms. The molecule has 1 amide bonds. The summed E-state index contributed by atoms with van der Waals surface area (Å²) in [6, 6.07) is 16.3. The zero-order valence-electron chi connectivity index (χ0n) is 14.8. The fraction of sp³-hybridized carbons (Fsp3) is 0.300. The van der Waals surface area contributed by atoms with Gasteiger partial charge in [0.25, 0.3) is 0 Å². The zero-order valence-corrected chi connectivity index (χ0v) is 14.8. The molecule has 0 saturated carbocycles. The maximum absolute atomic E-state index is 11.8. The molecule has 0 aliphatic rings. The van der Waals surface area contributed by atoms with E-state index >= 15 is 0 Å². The Bertz CT molecular complexity index is 730. The summed E-state index contributed by atoms with van der Waals surface area (Å²) in [5.74, 6) is -0.998. The molecule has 1 atom stereocenters. The molecule has 0 radical (unpaired) electrons. The Balaban J connectivity index is 1.91. The molecule has 26 heavy (non-hydrogen) atoms. The van der Waals surface area contributed by atoms with Gasteiger partial charge in [-0.1, -0.05) is 42.5 Å². The number of anilines is 1. The van der Waals surface area contributed by atoms with Gasteiger partial charge >= 0.3 is 12.1 Å². The van der Waals surface area contributed by atoms with Crippen LogP contribution in [0.15, 0.2) is 54.6 Å². The third-order valence-corrected chi connectivity index (χ3v) is 3.51. The monoisotopic (exact) mass is 357 g/mol. The Kier molecular flexibility index (Phi) is 7.17. The lowest BCUT2D eigenvalue weighted by molar-refractivity contribution is -0.153. The summed E-state index contributed by atoms with van der Waals surface area (Å²) in [6.45, 7) is 3.69. The van der Waals surface area contributed by atoms with Gasteiger partial charge in [-0.3, -0.25) is 5.32 Å². The summed E-state index contributed by atoms with van der Waals surface area (Å²) >= 11 is 0. The number of ether oxygens (including phenoxy) is 2. The normalized spacial score (nSPS) is 11.8. The van der Waals surface area contributed by atoms with Crippen molar-refractivity contribution >= 4 is 17.7 Å². The van der Waals surface area contributed by atoms with Gasteiger partial charge in [-0.2, -0.15) is 0 Å². The van der Waals surface area contributed by atoms with Crippen LogP contribution in [-0.2, 0) is 27.3 Å². The van der Waals surface area contributed by atoms with Crippen LogP contribution in [0.25, 0.3) is 0 Å². The highest BCUT2D eigenvalue weighted by atomic mass is 16.5. The largest absolute Gasteiger partial charge is 0.479 e. The van der Waals surface area contributed by atoms with Crippen LogP contribution in [0, 0.1) is 0 Å². The number of carboxylic acid groups (broad SMARTS) is 1. The summed E-state index contributed by atoms with van der Waals surface area (Å²) < 4.78 is 10.6. The molecule has 6 nitrogen and oxygen atoms in total. The van der Waals surface area contributed by atoms with Crippen molar-refractivity contribution in [2.75, 3.05) is 5.32 Å². The fourth-order valence-electron chi connectivity index (χ4n) is 2.41. The molecular formula is C20H23NO5. The number of hydrogen-bond donors (Lipinski definition) is 2. The Morgan fingerprint density at radius 3 is 2.38 bits per heavy atom. The first-order valence-electron chi connectivity index (χ1n) is 8.39. The molecule has 2 rings (SSSR count). The maximum atomic E-state index is 11.8. The number of aliphatic carboxylic acids is 1. The first-order chi connectivity index (χ1) is 12.4. The first-order valence-corrected chi connectivity index (χ1v) is 8.39. The number of carboxylic acids is 1. The topological polar surface area (TPSA) is 84.9 Å². The lowest BCUT2D eigenvalue weighted by atomic mass is 10.0. The summed E-state index contributed by atoms with van der Waals surface area (Å²) in [5, 5.41) is 11.9. The molecule has 6 heteroatoms. The lowest BCUT2D eigenvalue weighted by Gasteiger charge is -2.17. The average Bonchev–Trinajstić information content (AvgIpc) is 2.60. The summed E-state index contributed by atoms with van der Waals surface area (Å²) in [4.78, 5) is 23.1. The number of nitrogens with one attached hydrogen (secondary N) is 1. The molecule has 0 heterocycles. The molecule has 138 valence electrons. The number of para-hydroxylation sites is 1. The second-order valence-electron chi connectivity index (χ2n) is 6.10. The third-order valence-electron chi connectivity index (χ3n) is 3.51. The van der Waals surface area contributed by atoms with Gasteiger partial charge in [0.2, 0.25) is 0 Å². The van der Waals surface area contributed by atoms with Crippen molar-refractivity contribution in [2.45, 2.75) is 39.1 Å². The highest BCUT2D eigenvalue weighted by Crippen LogP contribution is 2.13. The second kappa shape index (κ2) is 9.58. The van der Waals surface area contributed by atoms with E-state index in [4.69, 9.17) is 9.47 Å². The Morgan fingerprint density at radius 2 is 1.73 bits per heavy atom. The van der Waals surface area contributed by atoms with Crippen molar-refractivity contribution in [3.63, 3.8) is 0 Å². The third kappa shape index (κ3) is 6.57. The van der Waals surface area contributed by atoms with Crippen LogP contribution in [-0.4, -0.2) is 29.4 Å². The molecule has 0 fully saturated rings. The number of amides is 1. The van der Waals surface area contributed by atoms with Gasteiger partial charge in [-0.05, 0) is 37.1 Å². The van der Waals surface area contributed by atoms with E-state index in [2.05, 4.69) is 5.32 Å². The fourth-order valence-corrected chi connectivity index (χ4v) is 2.41. The van der Waals surface area contributed by atoms with Crippen LogP contribution in [0.4, 0.5) is 10.5 Å². The van der Waals surface area contributed by atoms with Gasteiger partial charge in [-0.15, -0.1) is 0 Å². The average molecular weight is 357 g/mol. The molecule has 2 aromatic carbocycles. The van der Waals surface area contributed by atoms with E-state index in [0.29, 0.717) is 5.69 Å². The van der Waals surface area contributed by atoms with Crippen molar-refractivity contribution in [3.05, 3.63) is 65.7 Å². The minimum atomic E-state index is -0.998. The SMILES string of the molecule is CC(C)OC(Cc1cccc(COC(=O)Nc2ccccc2)c1)C(=O)O. The molecule has 1 unspecified atom stereocenters. The van der Waals surface area contributed by atoms with Crippen LogP contribution < -0.4 is 5.32 Å². The Labute approximate surface area is 152 Å². The van der Waals surface area contributed by atoms with Gasteiger partial charge < -0.3 is 14.6 Å². The Hall–Kier alpha value is -2.86. The molecular weight excluding hydrogens is 334 g/mol. The van der Waals surface area contributed by atoms with E-state index in [-0.39, 0.29) is 19.1 Å². The van der Waals surface area contributed by atoms with Crippen molar-refractivity contribution < 1.29 is 24.2 Å². The molecule has 2 aromatic rings. The van der Waals surface area contributed by atoms with E-state index in [1.807, 2.05) is 36.4 Å². The lowest BCUT2D eigenvalue weighted by Crippen LogP contribution is -2.29. The number of benzene rings is 2. The number of carbonyl (C=O) groups excluding carboxylic acids is 1. The van der Waals surface area contributed by atoms with Gasteiger partial charge in [0.1, 0.15) is 6.61 Å². The van der Waals surface area contributed by atoms with E-state index in [1.54, 1.807) is 32.0 Å². The molecule has 2 N–H and O–H groups in total. The van der Waals surface area contributed by atoms with Gasteiger partial charge in [0, 0.05) is 12.1 Å².